The van der Waals surface area contributed by atoms with E-state index >= 15 is 0 Å². The van der Waals surface area contributed by atoms with Gasteiger partial charge < -0.3 is 10.4 Å². The predicted molar refractivity (Wildman–Crippen MR) is 75.7 cm³/mol. The molecule has 0 bridgehead atoms. The summed E-state index contributed by atoms with van der Waals surface area (Å²) in [7, 11) is 2.20. The second-order valence-corrected chi connectivity index (χ2v) is 7.39. The van der Waals surface area contributed by atoms with Crippen LogP contribution in [0.1, 0.15) is 52.9 Å². The SMILES string of the molecule is CN(C1CCC(C)(C)CC1)C1CNCCC1(C)O. The van der Waals surface area contributed by atoms with Gasteiger partial charge in [-0.25, -0.2) is 0 Å². The molecule has 3 heteroatoms. The van der Waals surface area contributed by atoms with Crippen molar-refractivity contribution < 1.29 is 5.11 Å². The fourth-order valence-electron chi connectivity index (χ4n) is 3.60. The second kappa shape index (κ2) is 5.10. The smallest absolute Gasteiger partial charge is 0.0798 e. The summed E-state index contributed by atoms with van der Waals surface area (Å²) in [6.45, 7) is 8.61. The average molecular weight is 254 g/mol. The van der Waals surface area contributed by atoms with Crippen LogP contribution in [0.15, 0.2) is 0 Å². The van der Waals surface area contributed by atoms with Crippen molar-refractivity contribution in [1.82, 2.24) is 10.2 Å². The fraction of sp³-hybridized carbons (Fsp3) is 1.00. The average Bonchev–Trinajstić information content (AvgIpc) is 2.27. The number of likely N-dealkylation sites (N-methyl/N-ethyl adjacent to an activating group) is 1. The maximum Gasteiger partial charge on any atom is 0.0798 e. The fourth-order valence-corrected chi connectivity index (χ4v) is 3.60. The maximum atomic E-state index is 10.6. The van der Waals surface area contributed by atoms with Gasteiger partial charge in [-0.2, -0.15) is 0 Å². The molecule has 1 heterocycles. The quantitative estimate of drug-likeness (QED) is 0.791. The highest BCUT2D eigenvalue weighted by Gasteiger charge is 2.40. The molecule has 2 rings (SSSR count). The molecule has 1 saturated heterocycles. The summed E-state index contributed by atoms with van der Waals surface area (Å²) in [5.74, 6) is 0. The summed E-state index contributed by atoms with van der Waals surface area (Å²) < 4.78 is 0. The van der Waals surface area contributed by atoms with Gasteiger partial charge in [0.2, 0.25) is 0 Å². The molecule has 2 aliphatic rings. The molecule has 2 atom stereocenters. The molecule has 2 N–H and O–H groups in total. The van der Waals surface area contributed by atoms with E-state index in [9.17, 15) is 5.11 Å². The Kier molecular flexibility index (Phi) is 4.05. The van der Waals surface area contributed by atoms with Crippen molar-refractivity contribution in [2.24, 2.45) is 5.41 Å². The van der Waals surface area contributed by atoms with Crippen LogP contribution in [-0.2, 0) is 0 Å². The van der Waals surface area contributed by atoms with Gasteiger partial charge in [-0.3, -0.25) is 4.90 Å². The lowest BCUT2D eigenvalue weighted by atomic mass is 9.74. The minimum atomic E-state index is -0.535. The first kappa shape index (κ1) is 14.3. The summed E-state index contributed by atoms with van der Waals surface area (Å²) >= 11 is 0. The van der Waals surface area contributed by atoms with E-state index in [1.807, 2.05) is 6.92 Å². The molecule has 1 aliphatic heterocycles. The minimum Gasteiger partial charge on any atom is -0.388 e. The van der Waals surface area contributed by atoms with Crippen LogP contribution in [0.2, 0.25) is 0 Å². The Bertz CT molecular complexity index is 278. The van der Waals surface area contributed by atoms with Gasteiger partial charge in [0.25, 0.3) is 0 Å². The molecule has 3 nitrogen and oxygen atoms in total. The van der Waals surface area contributed by atoms with Crippen LogP contribution in [0.4, 0.5) is 0 Å². The van der Waals surface area contributed by atoms with Crippen molar-refractivity contribution >= 4 is 0 Å². The van der Waals surface area contributed by atoms with E-state index in [-0.39, 0.29) is 6.04 Å². The first-order valence-electron chi connectivity index (χ1n) is 7.47. The molecule has 0 spiro atoms. The molecule has 2 fully saturated rings. The Morgan fingerprint density at radius 3 is 2.28 bits per heavy atom. The van der Waals surface area contributed by atoms with Gasteiger partial charge in [-0.15, -0.1) is 0 Å². The standard InChI is InChI=1S/C15H30N2O/c1-14(2)7-5-12(6-8-14)17(4)13-11-16-10-9-15(13,3)18/h12-13,16,18H,5-11H2,1-4H3. The lowest BCUT2D eigenvalue weighted by Crippen LogP contribution is -2.61. The number of aliphatic hydroxyl groups is 1. The molecule has 0 amide bonds. The van der Waals surface area contributed by atoms with Crippen LogP contribution < -0.4 is 5.32 Å². The highest BCUT2D eigenvalue weighted by atomic mass is 16.3. The molecule has 1 aliphatic carbocycles. The summed E-state index contributed by atoms with van der Waals surface area (Å²) in [5, 5.41) is 14.0. The van der Waals surface area contributed by atoms with Crippen molar-refractivity contribution in [2.75, 3.05) is 20.1 Å². The van der Waals surface area contributed by atoms with Crippen LogP contribution in [0.3, 0.4) is 0 Å². The van der Waals surface area contributed by atoms with E-state index < -0.39 is 5.60 Å². The molecule has 0 aromatic carbocycles. The van der Waals surface area contributed by atoms with Gasteiger partial charge in [-0.05, 0) is 58.0 Å². The number of nitrogens with zero attached hydrogens (tertiary/aromatic N) is 1. The molecule has 2 unspecified atom stereocenters. The van der Waals surface area contributed by atoms with E-state index in [4.69, 9.17) is 0 Å². The lowest BCUT2D eigenvalue weighted by molar-refractivity contribution is -0.0644. The van der Waals surface area contributed by atoms with Crippen LogP contribution in [0.25, 0.3) is 0 Å². The first-order valence-corrected chi connectivity index (χ1v) is 7.47. The third-order valence-electron chi connectivity index (χ3n) is 5.24. The molecule has 1 saturated carbocycles. The maximum absolute atomic E-state index is 10.6. The summed E-state index contributed by atoms with van der Waals surface area (Å²) in [5.41, 5.74) is -0.0162. The molecule has 0 aromatic heterocycles. The third-order valence-corrected chi connectivity index (χ3v) is 5.24. The highest BCUT2D eigenvalue weighted by molar-refractivity contribution is 4.97. The van der Waals surface area contributed by atoms with Crippen LogP contribution >= 0.6 is 0 Å². The second-order valence-electron chi connectivity index (χ2n) is 7.39. The molecule has 0 radical (unpaired) electrons. The van der Waals surface area contributed by atoms with Crippen molar-refractivity contribution in [2.45, 2.75) is 70.6 Å². The summed E-state index contributed by atoms with van der Waals surface area (Å²) in [6.07, 6.45) is 6.03. The first-order chi connectivity index (χ1) is 8.32. The van der Waals surface area contributed by atoms with E-state index in [0.29, 0.717) is 11.5 Å². The lowest BCUT2D eigenvalue weighted by Gasteiger charge is -2.48. The molecular formula is C15H30N2O. The highest BCUT2D eigenvalue weighted by Crippen LogP contribution is 2.38. The van der Waals surface area contributed by atoms with Crippen molar-refractivity contribution in [3.05, 3.63) is 0 Å². The Morgan fingerprint density at radius 1 is 1.11 bits per heavy atom. The van der Waals surface area contributed by atoms with Crippen LogP contribution in [0.5, 0.6) is 0 Å². The van der Waals surface area contributed by atoms with Crippen LogP contribution in [-0.4, -0.2) is 47.8 Å². The van der Waals surface area contributed by atoms with Gasteiger partial charge in [0.1, 0.15) is 0 Å². The summed E-state index contributed by atoms with van der Waals surface area (Å²) in [4.78, 5) is 2.45. The zero-order valence-corrected chi connectivity index (χ0v) is 12.5. The zero-order chi connectivity index (χ0) is 13.4. The van der Waals surface area contributed by atoms with E-state index in [1.165, 1.54) is 25.7 Å². The number of piperidine rings is 1. The summed E-state index contributed by atoms with van der Waals surface area (Å²) in [6, 6.07) is 0.909. The van der Waals surface area contributed by atoms with Gasteiger partial charge in [0, 0.05) is 12.6 Å². The normalized spacial score (nSPS) is 38.0. The topological polar surface area (TPSA) is 35.5 Å². The van der Waals surface area contributed by atoms with Gasteiger partial charge >= 0.3 is 0 Å². The molecule has 106 valence electrons. The molecule has 0 aromatic rings. The van der Waals surface area contributed by atoms with E-state index in [2.05, 4.69) is 31.1 Å². The van der Waals surface area contributed by atoms with Gasteiger partial charge in [0.05, 0.1) is 11.6 Å². The Hall–Kier alpha value is -0.120. The minimum absolute atomic E-state index is 0.262. The third kappa shape index (κ3) is 3.06. The van der Waals surface area contributed by atoms with Crippen molar-refractivity contribution in [3.8, 4) is 0 Å². The van der Waals surface area contributed by atoms with Crippen molar-refractivity contribution in [1.29, 1.82) is 0 Å². The Labute approximate surface area is 112 Å². The molecular weight excluding hydrogens is 224 g/mol. The zero-order valence-electron chi connectivity index (χ0n) is 12.5. The number of hydrogen-bond acceptors (Lipinski definition) is 3. The van der Waals surface area contributed by atoms with E-state index in [0.717, 1.165) is 19.5 Å². The largest absolute Gasteiger partial charge is 0.388 e. The van der Waals surface area contributed by atoms with E-state index in [1.54, 1.807) is 0 Å². The van der Waals surface area contributed by atoms with Gasteiger partial charge in [-0.1, -0.05) is 13.8 Å². The van der Waals surface area contributed by atoms with Gasteiger partial charge in [0.15, 0.2) is 0 Å². The number of hydrogen-bond donors (Lipinski definition) is 2. The predicted octanol–water partition coefficient (Wildman–Crippen LogP) is 2.00. The monoisotopic (exact) mass is 254 g/mol. The van der Waals surface area contributed by atoms with Crippen LogP contribution in [0, 0.1) is 5.41 Å². The molecule has 18 heavy (non-hydrogen) atoms. The van der Waals surface area contributed by atoms with Crippen molar-refractivity contribution in [3.63, 3.8) is 0 Å². The number of rotatable bonds is 2. The Balaban J connectivity index is 1.96. The number of nitrogens with one attached hydrogen (secondary N) is 1. The Morgan fingerprint density at radius 2 is 1.72 bits per heavy atom.